The molecule has 2 saturated heterocycles. The first-order valence-corrected chi connectivity index (χ1v) is 9.83. The van der Waals surface area contributed by atoms with Crippen molar-refractivity contribution >= 4 is 23.6 Å². The van der Waals surface area contributed by atoms with Crippen LogP contribution in [0.2, 0.25) is 0 Å². The highest BCUT2D eigenvalue weighted by Gasteiger charge is 2.72. The molecule has 1 aliphatic carbocycles. The standard InChI is InChI=1S/C19H28ClNO6/c1-11(2)5-6-13-18(3,27-13)16-15(24-4)12(7-8-19(16)10-25-19)26-17(23)21-14(22)9-20/h5,12-13,15-16H,6-10H2,1-4H3,(H,21,22,23)/t12-,13+,15-,16-,18+,19+/m1/s1. The first-order valence-electron chi connectivity index (χ1n) is 9.30. The Labute approximate surface area is 164 Å². The molecule has 8 heteroatoms. The second kappa shape index (κ2) is 7.70. The number of halogens is 1. The molecule has 2 aliphatic heterocycles. The first kappa shape index (κ1) is 20.6. The van der Waals surface area contributed by atoms with E-state index in [1.807, 2.05) is 0 Å². The molecule has 3 rings (SSSR count). The number of hydrogen-bond donors (Lipinski definition) is 1. The molecule has 1 spiro atoms. The molecule has 7 nitrogen and oxygen atoms in total. The first-order chi connectivity index (χ1) is 12.8. The SMILES string of the molecule is CO[C@@H]1[C@H](OC(=O)NC(=O)CCl)CC[C@]2(CO2)[C@H]1[C@@]1(C)O[C@H]1CC=C(C)C. The Morgan fingerprint density at radius 3 is 2.63 bits per heavy atom. The van der Waals surface area contributed by atoms with Gasteiger partial charge in [0.15, 0.2) is 0 Å². The van der Waals surface area contributed by atoms with Gasteiger partial charge in [-0.15, -0.1) is 11.6 Å². The number of methoxy groups -OCH3 is 1. The Balaban J connectivity index is 1.73. The number of alkyl carbamates (subject to hydrolysis) is 1. The highest BCUT2D eigenvalue weighted by atomic mass is 35.5. The number of imide groups is 1. The number of alkyl halides is 1. The Hall–Kier alpha value is -1.15. The number of rotatable bonds is 6. The van der Waals surface area contributed by atoms with Crippen LogP contribution < -0.4 is 5.32 Å². The molecule has 2 amide bonds. The molecule has 152 valence electrons. The quantitative estimate of drug-likeness (QED) is 0.418. The lowest BCUT2D eigenvalue weighted by atomic mass is 9.68. The van der Waals surface area contributed by atoms with Gasteiger partial charge in [0.2, 0.25) is 5.91 Å². The molecule has 0 aromatic rings. The molecule has 0 unspecified atom stereocenters. The summed E-state index contributed by atoms with van der Waals surface area (Å²) in [5.74, 6) is -0.949. The average molecular weight is 402 g/mol. The molecule has 0 aromatic heterocycles. The number of carbonyl (C=O) groups excluding carboxylic acids is 2. The molecular formula is C19H28ClNO6. The number of hydrogen-bond acceptors (Lipinski definition) is 6. The van der Waals surface area contributed by atoms with Crippen molar-refractivity contribution in [1.82, 2.24) is 5.32 Å². The Morgan fingerprint density at radius 2 is 2.07 bits per heavy atom. The highest BCUT2D eigenvalue weighted by Crippen LogP contribution is 2.59. The molecule has 0 radical (unpaired) electrons. The van der Waals surface area contributed by atoms with Gasteiger partial charge in [-0.2, -0.15) is 0 Å². The van der Waals surface area contributed by atoms with Gasteiger partial charge in [-0.3, -0.25) is 10.1 Å². The third-order valence-electron chi connectivity index (χ3n) is 5.86. The summed E-state index contributed by atoms with van der Waals surface area (Å²) in [7, 11) is 1.61. The van der Waals surface area contributed by atoms with Gasteiger partial charge in [-0.1, -0.05) is 11.6 Å². The second-order valence-corrected chi connectivity index (χ2v) is 8.27. The predicted octanol–water partition coefficient (Wildman–Crippen LogP) is 2.55. The fourth-order valence-electron chi connectivity index (χ4n) is 4.38. The normalized spacial score (nSPS) is 39.6. The summed E-state index contributed by atoms with van der Waals surface area (Å²) in [5.41, 5.74) is 0.574. The van der Waals surface area contributed by atoms with Gasteiger partial charge in [0, 0.05) is 7.11 Å². The van der Waals surface area contributed by atoms with Crippen LogP contribution in [0.4, 0.5) is 4.79 Å². The zero-order valence-corrected chi connectivity index (χ0v) is 17.0. The van der Waals surface area contributed by atoms with Gasteiger partial charge in [-0.05, 0) is 40.0 Å². The van der Waals surface area contributed by atoms with E-state index < -0.39 is 23.7 Å². The molecule has 27 heavy (non-hydrogen) atoms. The van der Waals surface area contributed by atoms with E-state index >= 15 is 0 Å². The third-order valence-corrected chi connectivity index (χ3v) is 6.10. The fourth-order valence-corrected chi connectivity index (χ4v) is 4.45. The van der Waals surface area contributed by atoms with Gasteiger partial charge < -0.3 is 18.9 Å². The van der Waals surface area contributed by atoms with E-state index in [-0.39, 0.29) is 29.6 Å². The van der Waals surface area contributed by atoms with E-state index in [1.165, 1.54) is 5.57 Å². The maximum Gasteiger partial charge on any atom is 0.414 e. The van der Waals surface area contributed by atoms with E-state index in [9.17, 15) is 9.59 Å². The van der Waals surface area contributed by atoms with Gasteiger partial charge in [-0.25, -0.2) is 4.79 Å². The van der Waals surface area contributed by atoms with Crippen molar-refractivity contribution in [2.45, 2.75) is 69.5 Å². The number of nitrogens with one attached hydrogen (secondary N) is 1. The van der Waals surface area contributed by atoms with Crippen molar-refractivity contribution in [3.05, 3.63) is 11.6 Å². The average Bonchev–Trinajstić information content (AvgIpc) is 3.52. The number of amides is 2. The summed E-state index contributed by atoms with van der Waals surface area (Å²) in [6, 6.07) is 0. The lowest BCUT2D eigenvalue weighted by Crippen LogP contribution is -2.56. The van der Waals surface area contributed by atoms with E-state index in [0.29, 0.717) is 13.0 Å². The summed E-state index contributed by atoms with van der Waals surface area (Å²) in [5, 5.41) is 2.11. The summed E-state index contributed by atoms with van der Waals surface area (Å²) in [4.78, 5) is 23.3. The van der Waals surface area contributed by atoms with E-state index in [4.69, 9.17) is 30.5 Å². The molecule has 3 fully saturated rings. The van der Waals surface area contributed by atoms with E-state index in [2.05, 4.69) is 32.2 Å². The molecule has 1 N–H and O–H groups in total. The molecule has 0 aromatic carbocycles. The minimum Gasteiger partial charge on any atom is -0.443 e. The number of epoxide rings is 2. The van der Waals surface area contributed by atoms with Gasteiger partial charge in [0.1, 0.15) is 29.3 Å². The molecule has 1 saturated carbocycles. The zero-order chi connectivity index (χ0) is 19.8. The maximum atomic E-state index is 12.0. The lowest BCUT2D eigenvalue weighted by molar-refractivity contribution is -0.124. The monoisotopic (exact) mass is 401 g/mol. The van der Waals surface area contributed by atoms with Crippen LogP contribution in [-0.2, 0) is 23.7 Å². The molecule has 2 heterocycles. The Morgan fingerprint density at radius 1 is 1.37 bits per heavy atom. The van der Waals surface area contributed by atoms with E-state index in [0.717, 1.165) is 12.8 Å². The molecular weight excluding hydrogens is 374 g/mol. The van der Waals surface area contributed by atoms with Crippen LogP contribution in [0.25, 0.3) is 0 Å². The lowest BCUT2D eigenvalue weighted by Gasteiger charge is -2.42. The van der Waals surface area contributed by atoms with Crippen LogP contribution >= 0.6 is 11.6 Å². The Kier molecular flexibility index (Phi) is 5.87. The van der Waals surface area contributed by atoms with Crippen molar-refractivity contribution in [3.8, 4) is 0 Å². The number of allylic oxidation sites excluding steroid dienone is 1. The summed E-state index contributed by atoms with van der Waals surface area (Å²) >= 11 is 5.42. The Bertz CT molecular complexity index is 630. The molecule has 6 atom stereocenters. The maximum absolute atomic E-state index is 12.0. The van der Waals surface area contributed by atoms with E-state index in [1.54, 1.807) is 7.11 Å². The summed E-state index contributed by atoms with van der Waals surface area (Å²) in [6.45, 7) is 6.87. The molecule has 0 bridgehead atoms. The van der Waals surface area contributed by atoms with Crippen molar-refractivity contribution in [1.29, 1.82) is 0 Å². The van der Waals surface area contributed by atoms with Crippen LogP contribution in [0.3, 0.4) is 0 Å². The summed E-state index contributed by atoms with van der Waals surface area (Å²) in [6.07, 6.45) is 2.78. The van der Waals surface area contributed by atoms with Crippen molar-refractivity contribution < 1.29 is 28.5 Å². The second-order valence-electron chi connectivity index (χ2n) is 8.00. The van der Waals surface area contributed by atoms with Gasteiger partial charge in [0.05, 0.1) is 18.6 Å². The van der Waals surface area contributed by atoms with Crippen molar-refractivity contribution in [3.63, 3.8) is 0 Å². The summed E-state index contributed by atoms with van der Waals surface area (Å²) < 4.78 is 23.2. The predicted molar refractivity (Wildman–Crippen MR) is 98.7 cm³/mol. The number of carbonyl (C=O) groups is 2. The minimum atomic E-state index is -0.804. The van der Waals surface area contributed by atoms with Gasteiger partial charge >= 0.3 is 6.09 Å². The van der Waals surface area contributed by atoms with Crippen LogP contribution in [0.5, 0.6) is 0 Å². The molecule has 3 aliphatic rings. The zero-order valence-electron chi connectivity index (χ0n) is 16.2. The largest absolute Gasteiger partial charge is 0.443 e. The highest BCUT2D eigenvalue weighted by molar-refractivity contribution is 6.28. The third kappa shape index (κ3) is 4.16. The van der Waals surface area contributed by atoms with Crippen LogP contribution in [-0.4, -0.2) is 61.1 Å². The van der Waals surface area contributed by atoms with Gasteiger partial charge in [0.25, 0.3) is 0 Å². The van der Waals surface area contributed by atoms with Crippen LogP contribution in [0.1, 0.15) is 40.0 Å². The minimum absolute atomic E-state index is 0.0548. The smallest absolute Gasteiger partial charge is 0.414 e. The van der Waals surface area contributed by atoms with Crippen molar-refractivity contribution in [2.75, 3.05) is 19.6 Å². The number of ether oxygens (including phenoxy) is 4. The van der Waals surface area contributed by atoms with Crippen molar-refractivity contribution in [2.24, 2.45) is 5.92 Å². The van der Waals surface area contributed by atoms with Crippen LogP contribution in [0, 0.1) is 5.92 Å². The van der Waals surface area contributed by atoms with Crippen LogP contribution in [0.15, 0.2) is 11.6 Å². The topological polar surface area (TPSA) is 89.7 Å². The fraction of sp³-hybridized carbons (Fsp3) is 0.789.